The van der Waals surface area contributed by atoms with Gasteiger partial charge in [0.25, 0.3) is 0 Å². The lowest BCUT2D eigenvalue weighted by molar-refractivity contribution is 0.149. The molecule has 3 N–H and O–H groups in total. The molecule has 0 aliphatic heterocycles. The van der Waals surface area contributed by atoms with Gasteiger partial charge >= 0.3 is 6.03 Å². The van der Waals surface area contributed by atoms with Crippen LogP contribution in [0.15, 0.2) is 47.1 Å². The fourth-order valence-electron chi connectivity index (χ4n) is 1.48. The van der Waals surface area contributed by atoms with Crippen LogP contribution in [-0.4, -0.2) is 17.7 Å². The van der Waals surface area contributed by atoms with E-state index >= 15 is 0 Å². The van der Waals surface area contributed by atoms with Crippen molar-refractivity contribution in [2.75, 3.05) is 11.9 Å². The van der Waals surface area contributed by atoms with Crippen LogP contribution in [-0.2, 0) is 0 Å². The van der Waals surface area contributed by atoms with Crippen molar-refractivity contribution < 1.29 is 14.3 Å². The Hall–Kier alpha value is -1.98. The Kier molecular flexibility index (Phi) is 4.43. The SMILES string of the molecule is O=C(NCC(O)c1ccco1)Nc1ccc(Cl)cc1. The summed E-state index contributed by atoms with van der Waals surface area (Å²) in [6.45, 7) is 0.0624. The minimum Gasteiger partial charge on any atom is -0.467 e. The highest BCUT2D eigenvalue weighted by atomic mass is 35.5. The Morgan fingerprint density at radius 3 is 2.68 bits per heavy atom. The molecule has 1 heterocycles. The second kappa shape index (κ2) is 6.26. The number of benzene rings is 1. The van der Waals surface area contributed by atoms with Crippen molar-refractivity contribution in [2.45, 2.75) is 6.10 Å². The summed E-state index contributed by atoms with van der Waals surface area (Å²) in [5, 5.41) is 15.5. The smallest absolute Gasteiger partial charge is 0.319 e. The van der Waals surface area contributed by atoms with E-state index in [1.54, 1.807) is 36.4 Å². The molecule has 0 aliphatic rings. The molecule has 1 atom stereocenters. The number of carbonyl (C=O) groups excluding carboxylic acids is 1. The number of aliphatic hydroxyl groups excluding tert-OH is 1. The van der Waals surface area contributed by atoms with Gasteiger partial charge < -0.3 is 20.2 Å². The molecule has 0 aliphatic carbocycles. The van der Waals surface area contributed by atoms with Crippen LogP contribution in [0.25, 0.3) is 0 Å². The number of anilines is 1. The summed E-state index contributed by atoms with van der Waals surface area (Å²) in [7, 11) is 0. The lowest BCUT2D eigenvalue weighted by Crippen LogP contribution is -2.32. The molecule has 1 unspecified atom stereocenters. The van der Waals surface area contributed by atoms with Crippen LogP contribution in [0.2, 0.25) is 5.02 Å². The second-order valence-electron chi connectivity index (χ2n) is 3.87. The van der Waals surface area contributed by atoms with E-state index in [0.29, 0.717) is 16.5 Å². The molecule has 100 valence electrons. The van der Waals surface area contributed by atoms with Crippen LogP contribution in [0, 0.1) is 0 Å². The molecular weight excluding hydrogens is 268 g/mol. The fraction of sp³-hybridized carbons (Fsp3) is 0.154. The molecule has 0 saturated carbocycles. The molecule has 19 heavy (non-hydrogen) atoms. The predicted octanol–water partition coefficient (Wildman–Crippen LogP) is 2.79. The number of urea groups is 1. The first-order valence-electron chi connectivity index (χ1n) is 5.67. The molecule has 1 aromatic carbocycles. The molecule has 2 aromatic rings. The van der Waals surface area contributed by atoms with Crippen LogP contribution >= 0.6 is 11.6 Å². The zero-order valence-electron chi connectivity index (χ0n) is 9.97. The van der Waals surface area contributed by atoms with Crippen molar-refractivity contribution in [3.05, 3.63) is 53.4 Å². The first kappa shape index (κ1) is 13.5. The van der Waals surface area contributed by atoms with Gasteiger partial charge in [-0.1, -0.05) is 11.6 Å². The lowest BCUT2D eigenvalue weighted by Gasteiger charge is -2.10. The molecule has 0 bridgehead atoms. The third-order valence-corrected chi connectivity index (χ3v) is 2.68. The van der Waals surface area contributed by atoms with Gasteiger partial charge in [0.1, 0.15) is 11.9 Å². The molecule has 6 heteroatoms. The lowest BCUT2D eigenvalue weighted by atomic mass is 10.3. The van der Waals surface area contributed by atoms with Gasteiger partial charge in [0.2, 0.25) is 0 Å². The number of rotatable bonds is 4. The first-order chi connectivity index (χ1) is 9.15. The molecule has 5 nitrogen and oxygen atoms in total. The summed E-state index contributed by atoms with van der Waals surface area (Å²) in [5.74, 6) is 0.409. The van der Waals surface area contributed by atoms with E-state index in [4.69, 9.17) is 16.0 Å². The van der Waals surface area contributed by atoms with Gasteiger partial charge in [-0.2, -0.15) is 0 Å². The zero-order chi connectivity index (χ0) is 13.7. The summed E-state index contributed by atoms with van der Waals surface area (Å²) in [6, 6.07) is 9.63. The summed E-state index contributed by atoms with van der Waals surface area (Å²) in [6.07, 6.45) is 0.595. The number of hydrogen-bond donors (Lipinski definition) is 3. The van der Waals surface area contributed by atoms with E-state index in [2.05, 4.69) is 10.6 Å². The summed E-state index contributed by atoms with van der Waals surface area (Å²) in [5.41, 5.74) is 0.620. The van der Waals surface area contributed by atoms with Gasteiger partial charge in [-0.25, -0.2) is 4.79 Å². The predicted molar refractivity (Wildman–Crippen MR) is 72.1 cm³/mol. The zero-order valence-corrected chi connectivity index (χ0v) is 10.7. The van der Waals surface area contributed by atoms with Gasteiger partial charge in [-0.3, -0.25) is 0 Å². The molecule has 2 rings (SSSR count). The van der Waals surface area contributed by atoms with Crippen molar-refractivity contribution in [3.8, 4) is 0 Å². The topological polar surface area (TPSA) is 74.5 Å². The van der Waals surface area contributed by atoms with Crippen LogP contribution in [0.5, 0.6) is 0 Å². The Morgan fingerprint density at radius 2 is 2.05 bits per heavy atom. The molecule has 2 amide bonds. The van der Waals surface area contributed by atoms with Gasteiger partial charge in [0.15, 0.2) is 0 Å². The molecule has 0 fully saturated rings. The Morgan fingerprint density at radius 1 is 1.32 bits per heavy atom. The number of aliphatic hydroxyl groups is 1. The second-order valence-corrected chi connectivity index (χ2v) is 4.31. The van der Waals surface area contributed by atoms with Gasteiger partial charge in [0.05, 0.1) is 12.8 Å². The normalized spacial score (nSPS) is 11.9. The van der Waals surface area contributed by atoms with Crippen molar-refractivity contribution >= 4 is 23.3 Å². The van der Waals surface area contributed by atoms with E-state index in [9.17, 15) is 9.90 Å². The summed E-state index contributed by atoms with van der Waals surface area (Å²) >= 11 is 5.74. The first-order valence-corrected chi connectivity index (χ1v) is 6.05. The highest BCUT2D eigenvalue weighted by molar-refractivity contribution is 6.30. The maximum absolute atomic E-state index is 11.6. The van der Waals surface area contributed by atoms with Crippen LogP contribution in [0.3, 0.4) is 0 Å². The number of nitrogens with one attached hydrogen (secondary N) is 2. The molecule has 0 radical (unpaired) electrons. The Bertz CT molecular complexity index is 525. The van der Waals surface area contributed by atoms with Crippen LogP contribution in [0.1, 0.15) is 11.9 Å². The highest BCUT2D eigenvalue weighted by Gasteiger charge is 2.11. The maximum Gasteiger partial charge on any atom is 0.319 e. The van der Waals surface area contributed by atoms with Gasteiger partial charge in [0, 0.05) is 10.7 Å². The monoisotopic (exact) mass is 280 g/mol. The van der Waals surface area contributed by atoms with Crippen molar-refractivity contribution in [3.63, 3.8) is 0 Å². The summed E-state index contributed by atoms with van der Waals surface area (Å²) in [4.78, 5) is 11.6. The Balaban J connectivity index is 1.80. The minimum atomic E-state index is -0.869. The summed E-state index contributed by atoms with van der Waals surface area (Å²) < 4.78 is 5.02. The molecule has 0 spiro atoms. The Labute approximate surface area is 115 Å². The van der Waals surface area contributed by atoms with E-state index in [1.165, 1.54) is 6.26 Å². The number of carbonyl (C=O) groups is 1. The number of hydrogen-bond acceptors (Lipinski definition) is 3. The minimum absolute atomic E-state index is 0.0624. The molecule has 1 aromatic heterocycles. The van der Waals surface area contributed by atoms with Crippen molar-refractivity contribution in [1.82, 2.24) is 5.32 Å². The van der Waals surface area contributed by atoms with E-state index in [0.717, 1.165) is 0 Å². The third kappa shape index (κ3) is 4.01. The van der Waals surface area contributed by atoms with Crippen LogP contribution < -0.4 is 10.6 Å². The third-order valence-electron chi connectivity index (χ3n) is 2.43. The number of amides is 2. The maximum atomic E-state index is 11.6. The number of halogens is 1. The standard InChI is InChI=1S/C13H13ClN2O3/c14-9-3-5-10(6-4-9)16-13(18)15-8-11(17)12-2-1-7-19-12/h1-7,11,17H,8H2,(H2,15,16,18). The van der Waals surface area contributed by atoms with Crippen LogP contribution in [0.4, 0.5) is 10.5 Å². The largest absolute Gasteiger partial charge is 0.467 e. The van der Waals surface area contributed by atoms with Gasteiger partial charge in [-0.15, -0.1) is 0 Å². The highest BCUT2D eigenvalue weighted by Crippen LogP contribution is 2.14. The number of furan rings is 1. The van der Waals surface area contributed by atoms with E-state index < -0.39 is 12.1 Å². The van der Waals surface area contributed by atoms with Gasteiger partial charge in [-0.05, 0) is 36.4 Å². The van der Waals surface area contributed by atoms with E-state index in [1.807, 2.05) is 0 Å². The van der Waals surface area contributed by atoms with Crippen molar-refractivity contribution in [1.29, 1.82) is 0 Å². The quantitative estimate of drug-likeness (QED) is 0.806. The van der Waals surface area contributed by atoms with Crippen molar-refractivity contribution in [2.24, 2.45) is 0 Å². The average molecular weight is 281 g/mol. The molecular formula is C13H13ClN2O3. The average Bonchev–Trinajstić information content (AvgIpc) is 2.93. The van der Waals surface area contributed by atoms with E-state index in [-0.39, 0.29) is 6.54 Å². The fourth-order valence-corrected chi connectivity index (χ4v) is 1.61. The molecule has 0 saturated heterocycles.